The predicted molar refractivity (Wildman–Crippen MR) is 75.7 cm³/mol. The van der Waals surface area contributed by atoms with Gasteiger partial charge in [0.2, 0.25) is 0 Å². The van der Waals surface area contributed by atoms with Crippen molar-refractivity contribution in [1.29, 1.82) is 0 Å². The molecule has 0 bridgehead atoms. The number of ether oxygens (including phenoxy) is 1. The number of benzene rings is 1. The van der Waals surface area contributed by atoms with E-state index in [1.165, 1.54) is 0 Å². The van der Waals surface area contributed by atoms with Crippen molar-refractivity contribution >= 4 is 16.9 Å². The number of rotatable bonds is 6. The van der Waals surface area contributed by atoms with Crippen LogP contribution in [0.3, 0.4) is 0 Å². The van der Waals surface area contributed by atoms with Crippen LogP contribution in [0.25, 0.3) is 10.9 Å². The third-order valence-corrected chi connectivity index (χ3v) is 3.13. The molecule has 2 N–H and O–H groups in total. The summed E-state index contributed by atoms with van der Waals surface area (Å²) in [4.78, 5) is 11.7. The molecule has 0 saturated heterocycles. The van der Waals surface area contributed by atoms with Crippen molar-refractivity contribution in [2.75, 3.05) is 6.61 Å². The van der Waals surface area contributed by atoms with Gasteiger partial charge in [0.1, 0.15) is 6.54 Å². The number of hydrogen-bond donors (Lipinski definition) is 1. The van der Waals surface area contributed by atoms with Gasteiger partial charge in [-0.3, -0.25) is 4.79 Å². The molecular formula is C15H20N2O2. The maximum atomic E-state index is 11.7. The van der Waals surface area contributed by atoms with E-state index in [1.807, 2.05) is 35.0 Å². The third kappa shape index (κ3) is 3.35. The molecule has 4 nitrogen and oxygen atoms in total. The van der Waals surface area contributed by atoms with Crippen LogP contribution in [0.15, 0.2) is 30.5 Å². The van der Waals surface area contributed by atoms with E-state index in [2.05, 4.69) is 6.92 Å². The van der Waals surface area contributed by atoms with Crippen molar-refractivity contribution in [2.45, 2.75) is 32.9 Å². The molecule has 1 heterocycles. The Morgan fingerprint density at radius 1 is 1.37 bits per heavy atom. The SMILES string of the molecule is CCCCOC(=O)Cn1ccc2cc(CN)ccc21. The lowest BCUT2D eigenvalue weighted by Gasteiger charge is -2.06. The zero-order valence-electron chi connectivity index (χ0n) is 11.3. The molecule has 19 heavy (non-hydrogen) atoms. The molecule has 0 aliphatic heterocycles. The van der Waals surface area contributed by atoms with Gasteiger partial charge >= 0.3 is 5.97 Å². The van der Waals surface area contributed by atoms with Gasteiger partial charge < -0.3 is 15.0 Å². The molecule has 0 unspecified atom stereocenters. The Morgan fingerprint density at radius 2 is 2.21 bits per heavy atom. The summed E-state index contributed by atoms with van der Waals surface area (Å²) in [6, 6.07) is 8.03. The van der Waals surface area contributed by atoms with E-state index in [-0.39, 0.29) is 12.5 Å². The lowest BCUT2D eigenvalue weighted by molar-refractivity contribution is -0.144. The minimum Gasteiger partial charge on any atom is -0.464 e. The first-order valence-electron chi connectivity index (χ1n) is 6.68. The fourth-order valence-corrected chi connectivity index (χ4v) is 2.03. The average Bonchev–Trinajstić information content (AvgIpc) is 2.81. The summed E-state index contributed by atoms with van der Waals surface area (Å²) in [6.45, 7) is 3.36. The van der Waals surface area contributed by atoms with E-state index < -0.39 is 0 Å². The van der Waals surface area contributed by atoms with Gasteiger partial charge in [-0.05, 0) is 35.6 Å². The molecule has 102 valence electrons. The largest absolute Gasteiger partial charge is 0.464 e. The number of carbonyl (C=O) groups excluding carboxylic acids is 1. The van der Waals surface area contributed by atoms with Crippen LogP contribution in [0.5, 0.6) is 0 Å². The smallest absolute Gasteiger partial charge is 0.325 e. The van der Waals surface area contributed by atoms with Crippen molar-refractivity contribution in [3.63, 3.8) is 0 Å². The number of fused-ring (bicyclic) bond motifs is 1. The number of nitrogens with two attached hydrogens (primary N) is 1. The van der Waals surface area contributed by atoms with E-state index in [4.69, 9.17) is 10.5 Å². The van der Waals surface area contributed by atoms with Gasteiger partial charge in [-0.15, -0.1) is 0 Å². The summed E-state index contributed by atoms with van der Waals surface area (Å²) in [7, 11) is 0. The predicted octanol–water partition coefficient (Wildman–Crippen LogP) is 2.44. The summed E-state index contributed by atoms with van der Waals surface area (Å²) >= 11 is 0. The van der Waals surface area contributed by atoms with Gasteiger partial charge in [-0.1, -0.05) is 19.4 Å². The maximum Gasteiger partial charge on any atom is 0.325 e. The fraction of sp³-hybridized carbons (Fsp3) is 0.400. The minimum absolute atomic E-state index is 0.186. The Hall–Kier alpha value is -1.81. The first kappa shape index (κ1) is 13.6. The molecule has 2 aromatic rings. The first-order valence-corrected chi connectivity index (χ1v) is 6.68. The van der Waals surface area contributed by atoms with Gasteiger partial charge in [-0.2, -0.15) is 0 Å². The molecule has 0 aliphatic carbocycles. The molecular weight excluding hydrogens is 240 g/mol. The molecule has 4 heteroatoms. The van der Waals surface area contributed by atoms with Crippen LogP contribution in [0, 0.1) is 0 Å². The van der Waals surface area contributed by atoms with Crippen molar-refractivity contribution in [2.24, 2.45) is 5.73 Å². The minimum atomic E-state index is -0.186. The van der Waals surface area contributed by atoms with E-state index >= 15 is 0 Å². The topological polar surface area (TPSA) is 57.2 Å². The lowest BCUT2D eigenvalue weighted by Crippen LogP contribution is -2.13. The monoisotopic (exact) mass is 260 g/mol. The quantitative estimate of drug-likeness (QED) is 0.641. The van der Waals surface area contributed by atoms with E-state index in [1.54, 1.807) is 0 Å². The zero-order valence-corrected chi connectivity index (χ0v) is 11.3. The van der Waals surface area contributed by atoms with Crippen LogP contribution in [0.1, 0.15) is 25.3 Å². The van der Waals surface area contributed by atoms with E-state index in [0.29, 0.717) is 13.2 Å². The second kappa shape index (κ2) is 6.38. The molecule has 1 aromatic heterocycles. The van der Waals surface area contributed by atoms with E-state index in [0.717, 1.165) is 29.3 Å². The lowest BCUT2D eigenvalue weighted by atomic mass is 10.1. The summed E-state index contributed by atoms with van der Waals surface area (Å²) in [6.07, 6.45) is 3.85. The second-order valence-corrected chi connectivity index (χ2v) is 4.61. The van der Waals surface area contributed by atoms with Crippen LogP contribution in [-0.4, -0.2) is 17.1 Å². The van der Waals surface area contributed by atoms with Gasteiger partial charge in [0.15, 0.2) is 0 Å². The number of aromatic nitrogens is 1. The first-order chi connectivity index (χ1) is 9.24. The van der Waals surface area contributed by atoms with Crippen molar-refractivity contribution < 1.29 is 9.53 Å². The van der Waals surface area contributed by atoms with Gasteiger partial charge in [0.05, 0.1) is 6.61 Å². The van der Waals surface area contributed by atoms with E-state index in [9.17, 15) is 4.79 Å². The maximum absolute atomic E-state index is 11.7. The van der Waals surface area contributed by atoms with Gasteiger partial charge in [0, 0.05) is 18.3 Å². The Morgan fingerprint density at radius 3 is 2.95 bits per heavy atom. The third-order valence-electron chi connectivity index (χ3n) is 3.13. The molecule has 0 atom stereocenters. The second-order valence-electron chi connectivity index (χ2n) is 4.61. The fourth-order valence-electron chi connectivity index (χ4n) is 2.03. The molecule has 0 spiro atoms. The summed E-state index contributed by atoms with van der Waals surface area (Å²) in [5, 5.41) is 1.10. The highest BCUT2D eigenvalue weighted by atomic mass is 16.5. The highest BCUT2D eigenvalue weighted by Gasteiger charge is 2.07. The van der Waals surface area contributed by atoms with Crippen molar-refractivity contribution in [3.8, 4) is 0 Å². The summed E-state index contributed by atoms with van der Waals surface area (Å²) < 4.78 is 7.08. The molecule has 0 saturated carbocycles. The van der Waals surface area contributed by atoms with Crippen molar-refractivity contribution in [3.05, 3.63) is 36.0 Å². The van der Waals surface area contributed by atoms with Gasteiger partial charge in [-0.25, -0.2) is 0 Å². The Balaban J connectivity index is 2.06. The Bertz CT molecular complexity index is 560. The molecule has 0 radical (unpaired) electrons. The zero-order chi connectivity index (χ0) is 13.7. The number of hydrogen-bond acceptors (Lipinski definition) is 3. The normalized spacial score (nSPS) is 10.8. The molecule has 0 fully saturated rings. The summed E-state index contributed by atoms with van der Waals surface area (Å²) in [5.74, 6) is -0.186. The standard InChI is InChI=1S/C15H20N2O2/c1-2-3-8-19-15(18)11-17-7-6-13-9-12(10-16)4-5-14(13)17/h4-7,9H,2-3,8,10-11,16H2,1H3. The number of esters is 1. The van der Waals surface area contributed by atoms with Gasteiger partial charge in [0.25, 0.3) is 0 Å². The van der Waals surface area contributed by atoms with Crippen LogP contribution in [0.2, 0.25) is 0 Å². The Labute approximate surface area is 113 Å². The van der Waals surface area contributed by atoms with Crippen LogP contribution >= 0.6 is 0 Å². The van der Waals surface area contributed by atoms with Crippen LogP contribution in [0.4, 0.5) is 0 Å². The number of nitrogens with zero attached hydrogens (tertiary/aromatic N) is 1. The highest BCUT2D eigenvalue weighted by molar-refractivity contribution is 5.82. The molecule has 1 aromatic carbocycles. The van der Waals surface area contributed by atoms with Crippen LogP contribution in [-0.2, 0) is 22.6 Å². The highest BCUT2D eigenvalue weighted by Crippen LogP contribution is 2.17. The molecule has 0 amide bonds. The van der Waals surface area contributed by atoms with Crippen LogP contribution < -0.4 is 5.73 Å². The Kier molecular flexibility index (Phi) is 4.58. The molecule has 0 aliphatic rings. The summed E-state index contributed by atoms with van der Waals surface area (Å²) in [5.41, 5.74) is 7.74. The van der Waals surface area contributed by atoms with Crippen molar-refractivity contribution in [1.82, 2.24) is 4.57 Å². The number of carbonyl (C=O) groups is 1. The average molecular weight is 260 g/mol. The number of unbranched alkanes of at least 4 members (excludes halogenated alkanes) is 1. The molecule has 2 rings (SSSR count).